The molecule has 5 heterocycles. The highest BCUT2D eigenvalue weighted by atomic mass is 19.3. The number of anilines is 2. The second-order valence-corrected chi connectivity index (χ2v) is 14.5. The highest BCUT2D eigenvalue weighted by molar-refractivity contribution is 6.08. The lowest BCUT2D eigenvalue weighted by atomic mass is 9.88. The summed E-state index contributed by atoms with van der Waals surface area (Å²) in [7, 11) is 1.84. The minimum Gasteiger partial charge on any atom is -0.361 e. The molecular formula is C41H39F4N9O2. The highest BCUT2D eigenvalue weighted by Crippen LogP contribution is 2.36. The van der Waals surface area contributed by atoms with Crippen LogP contribution in [0.25, 0.3) is 32.9 Å². The number of benzene rings is 3. The first kappa shape index (κ1) is 37.0. The molecular weight excluding hydrogens is 727 g/mol. The number of nitrogens with one attached hydrogen (secondary N) is 2. The molecule has 1 atom stereocenters. The number of likely N-dealkylation sites (tertiary alicyclic amines) is 1. The molecule has 0 radical (unpaired) electrons. The van der Waals surface area contributed by atoms with E-state index in [0.29, 0.717) is 57.4 Å². The van der Waals surface area contributed by atoms with Gasteiger partial charge in [0, 0.05) is 65.6 Å². The first-order valence-electron chi connectivity index (χ1n) is 18.5. The maximum absolute atomic E-state index is 15.3. The Labute approximate surface area is 319 Å². The Morgan fingerprint density at radius 3 is 2.48 bits per heavy atom. The number of fused-ring (bicyclic) bond motifs is 2. The largest absolute Gasteiger partial charge is 0.361 e. The van der Waals surface area contributed by atoms with Gasteiger partial charge in [0.2, 0.25) is 5.91 Å². The molecule has 3 amide bonds. The molecule has 288 valence electrons. The van der Waals surface area contributed by atoms with E-state index < -0.39 is 29.9 Å². The lowest BCUT2D eigenvalue weighted by Crippen LogP contribution is -2.49. The number of nitrogens with zero attached hydrogens (tertiary/aromatic N) is 7. The number of pyridine rings is 1. The van der Waals surface area contributed by atoms with Crippen LogP contribution in [-0.4, -0.2) is 61.4 Å². The molecule has 11 nitrogen and oxygen atoms in total. The molecule has 6 aromatic rings. The van der Waals surface area contributed by atoms with Gasteiger partial charge >= 0.3 is 6.03 Å². The zero-order valence-electron chi connectivity index (χ0n) is 31.0. The van der Waals surface area contributed by atoms with E-state index in [2.05, 4.69) is 47.9 Å². The van der Waals surface area contributed by atoms with Gasteiger partial charge in [0.15, 0.2) is 11.6 Å². The second kappa shape index (κ2) is 14.9. The number of hydrogen-bond donors (Lipinski definition) is 2. The highest BCUT2D eigenvalue weighted by Gasteiger charge is 2.29. The average molecular weight is 766 g/mol. The van der Waals surface area contributed by atoms with Crippen molar-refractivity contribution in [2.24, 2.45) is 7.05 Å². The quantitative estimate of drug-likeness (QED) is 0.142. The Morgan fingerprint density at radius 1 is 0.929 bits per heavy atom. The van der Waals surface area contributed by atoms with Gasteiger partial charge in [-0.1, -0.05) is 24.3 Å². The summed E-state index contributed by atoms with van der Waals surface area (Å²) < 4.78 is 58.9. The van der Waals surface area contributed by atoms with Crippen molar-refractivity contribution in [2.75, 3.05) is 29.9 Å². The zero-order valence-corrected chi connectivity index (χ0v) is 31.0. The normalized spacial score (nSPS) is 16.2. The van der Waals surface area contributed by atoms with Crippen molar-refractivity contribution in [3.05, 3.63) is 106 Å². The third-order valence-corrected chi connectivity index (χ3v) is 10.9. The van der Waals surface area contributed by atoms with Crippen LogP contribution < -0.4 is 15.5 Å². The number of urea groups is 1. The molecule has 2 N–H and O–H groups in total. The number of hydrogen-bond acceptors (Lipinski definition) is 8. The number of halogens is 4. The van der Waals surface area contributed by atoms with Crippen molar-refractivity contribution < 1.29 is 27.2 Å². The van der Waals surface area contributed by atoms with Gasteiger partial charge in [0.25, 0.3) is 6.43 Å². The van der Waals surface area contributed by atoms with Crippen molar-refractivity contribution in [2.45, 2.75) is 58.0 Å². The molecule has 2 fully saturated rings. The second-order valence-electron chi connectivity index (χ2n) is 14.5. The van der Waals surface area contributed by atoms with E-state index in [4.69, 9.17) is 0 Å². The van der Waals surface area contributed by atoms with Gasteiger partial charge in [-0.3, -0.25) is 29.6 Å². The monoisotopic (exact) mass is 765 g/mol. The van der Waals surface area contributed by atoms with Crippen LogP contribution in [0.1, 0.15) is 72.5 Å². The molecule has 0 aliphatic carbocycles. The lowest BCUT2D eigenvalue weighted by Gasteiger charge is -2.32. The van der Waals surface area contributed by atoms with Gasteiger partial charge in [-0.2, -0.15) is 10.2 Å². The standard InChI is InChI=1S/C41H39F4N9O2/c1-22(28-5-4-6-30(37(28)43)38(44)45)47-39-31-19-34(46-20-32(31)23(2)49-50-39)26-8-10-33(42)27(17-26)21-53-14-11-24(12-15-53)25-7-9-29-35(18-25)52(3)51-40(29)54-16-13-36(55)48-41(54)56/h4-10,17-20,22,24,38H,11-16,21H2,1-3H3,(H,47,50)(H,48,55,56). The maximum Gasteiger partial charge on any atom is 0.329 e. The molecule has 2 aliphatic rings. The van der Waals surface area contributed by atoms with Gasteiger partial charge < -0.3 is 5.32 Å². The van der Waals surface area contributed by atoms with Crippen LogP contribution in [0.15, 0.2) is 66.9 Å². The van der Waals surface area contributed by atoms with Crippen LogP contribution in [0.2, 0.25) is 0 Å². The number of aryl methyl sites for hydroxylation is 2. The van der Waals surface area contributed by atoms with Crippen molar-refractivity contribution >= 4 is 45.2 Å². The minimum atomic E-state index is -2.94. The fourth-order valence-corrected chi connectivity index (χ4v) is 7.79. The van der Waals surface area contributed by atoms with Crippen LogP contribution in [0.5, 0.6) is 0 Å². The maximum atomic E-state index is 15.3. The molecule has 56 heavy (non-hydrogen) atoms. The molecule has 1 unspecified atom stereocenters. The van der Waals surface area contributed by atoms with Crippen LogP contribution in [0.3, 0.4) is 0 Å². The number of aromatic nitrogens is 5. The molecule has 8 rings (SSSR count). The van der Waals surface area contributed by atoms with Gasteiger partial charge in [-0.15, -0.1) is 5.10 Å². The summed E-state index contributed by atoms with van der Waals surface area (Å²) in [4.78, 5) is 32.6. The molecule has 3 aromatic heterocycles. The van der Waals surface area contributed by atoms with Crippen molar-refractivity contribution in [3.8, 4) is 11.3 Å². The van der Waals surface area contributed by atoms with Gasteiger partial charge in [0.05, 0.1) is 28.5 Å². The van der Waals surface area contributed by atoms with Crippen LogP contribution in [-0.2, 0) is 18.4 Å². The van der Waals surface area contributed by atoms with Crippen molar-refractivity contribution in [1.29, 1.82) is 0 Å². The van der Waals surface area contributed by atoms with Gasteiger partial charge in [-0.25, -0.2) is 22.4 Å². The Bertz CT molecular complexity index is 2500. The van der Waals surface area contributed by atoms with Crippen molar-refractivity contribution in [1.82, 2.24) is 35.2 Å². The fraction of sp³-hybridized carbons (Fsp3) is 0.317. The Balaban J connectivity index is 0.973. The lowest BCUT2D eigenvalue weighted by molar-refractivity contribution is -0.120. The number of carbonyl (C=O) groups excluding carboxylic acids is 2. The molecule has 0 spiro atoms. The van der Waals surface area contributed by atoms with Gasteiger partial charge in [0.1, 0.15) is 11.6 Å². The Hall–Kier alpha value is -5.96. The zero-order chi connectivity index (χ0) is 39.2. The molecule has 15 heteroatoms. The molecule has 2 aliphatic heterocycles. The van der Waals surface area contributed by atoms with E-state index in [-0.39, 0.29) is 30.3 Å². The summed E-state index contributed by atoms with van der Waals surface area (Å²) in [5.74, 6) is -0.414. The first-order chi connectivity index (χ1) is 26.9. The van der Waals surface area contributed by atoms with E-state index in [1.54, 1.807) is 30.8 Å². The van der Waals surface area contributed by atoms with E-state index in [1.165, 1.54) is 28.7 Å². The predicted octanol–water partition coefficient (Wildman–Crippen LogP) is 8.10. The van der Waals surface area contributed by atoms with Crippen LogP contribution in [0, 0.1) is 18.6 Å². The SMILES string of the molecule is Cc1nnc(NC(C)c2cccc(C(F)F)c2F)c2cc(-c3ccc(F)c(CN4CCC(c5ccc6c(N7CCC(=O)NC7=O)nn(C)c6c5)CC4)c3)ncc12. The molecule has 0 saturated carbocycles. The Morgan fingerprint density at radius 2 is 1.71 bits per heavy atom. The van der Waals surface area contributed by atoms with Crippen LogP contribution >= 0.6 is 0 Å². The van der Waals surface area contributed by atoms with Gasteiger partial charge in [-0.05, 0) is 87.7 Å². The molecule has 3 aromatic carbocycles. The third kappa shape index (κ3) is 7.02. The molecule has 2 saturated heterocycles. The first-order valence-corrected chi connectivity index (χ1v) is 18.5. The summed E-state index contributed by atoms with van der Waals surface area (Å²) >= 11 is 0. The smallest absolute Gasteiger partial charge is 0.329 e. The number of imide groups is 1. The van der Waals surface area contributed by atoms with Crippen molar-refractivity contribution in [3.63, 3.8) is 0 Å². The number of carbonyl (C=O) groups is 2. The van der Waals surface area contributed by atoms with E-state index >= 15 is 4.39 Å². The van der Waals surface area contributed by atoms with Crippen LogP contribution in [0.4, 0.5) is 34.0 Å². The number of amides is 3. The summed E-state index contributed by atoms with van der Waals surface area (Å²) in [6.07, 6.45) is 0.711. The number of rotatable bonds is 9. The summed E-state index contributed by atoms with van der Waals surface area (Å²) in [5.41, 5.74) is 3.95. The summed E-state index contributed by atoms with van der Waals surface area (Å²) in [6, 6.07) is 15.7. The summed E-state index contributed by atoms with van der Waals surface area (Å²) in [6.45, 7) is 5.69. The molecule has 0 bridgehead atoms. The van der Waals surface area contributed by atoms with E-state index in [9.17, 15) is 22.8 Å². The number of piperidine rings is 1. The Kier molecular flexibility index (Phi) is 9.87. The average Bonchev–Trinajstić information content (AvgIpc) is 3.51. The topological polar surface area (TPSA) is 121 Å². The van der Waals surface area contributed by atoms with E-state index in [1.807, 2.05) is 25.2 Å². The third-order valence-electron chi connectivity index (χ3n) is 10.9. The summed E-state index contributed by atoms with van der Waals surface area (Å²) in [5, 5.41) is 20.9. The fourth-order valence-electron chi connectivity index (χ4n) is 7.79. The number of alkyl halides is 2. The van der Waals surface area contributed by atoms with E-state index in [0.717, 1.165) is 42.9 Å². The minimum absolute atomic E-state index is 0.0771. The predicted molar refractivity (Wildman–Crippen MR) is 204 cm³/mol.